The van der Waals surface area contributed by atoms with Gasteiger partial charge in [-0.1, -0.05) is 12.1 Å². The first kappa shape index (κ1) is 21.5. The molecule has 0 saturated heterocycles. The minimum absolute atomic E-state index is 0.248. The third-order valence-corrected chi connectivity index (χ3v) is 5.10. The molecule has 4 aromatic rings. The number of likely N-dealkylation sites (N-methyl/N-ethyl adjacent to an activating group) is 1. The van der Waals surface area contributed by atoms with E-state index < -0.39 is 5.82 Å². The van der Waals surface area contributed by atoms with Crippen molar-refractivity contribution in [2.75, 3.05) is 39.6 Å². The molecule has 0 atom stereocenters. The van der Waals surface area contributed by atoms with E-state index in [1.54, 1.807) is 37.6 Å². The molecule has 2 aromatic heterocycles. The molecule has 0 saturated carbocycles. The van der Waals surface area contributed by atoms with Crippen molar-refractivity contribution in [1.82, 2.24) is 20.2 Å². The van der Waals surface area contributed by atoms with Crippen molar-refractivity contribution >= 4 is 39.1 Å². The zero-order valence-corrected chi connectivity index (χ0v) is 18.1. The molecule has 0 bridgehead atoms. The van der Waals surface area contributed by atoms with Gasteiger partial charge in [0, 0.05) is 48.2 Å². The molecule has 164 valence electrons. The highest BCUT2D eigenvalue weighted by molar-refractivity contribution is 6.15. The number of rotatable bonds is 7. The second kappa shape index (κ2) is 9.15. The van der Waals surface area contributed by atoms with Gasteiger partial charge in [-0.05, 0) is 38.4 Å². The van der Waals surface area contributed by atoms with Crippen molar-refractivity contribution in [1.29, 1.82) is 0 Å². The summed E-state index contributed by atoms with van der Waals surface area (Å²) in [5.41, 5.74) is 1.20. The second-order valence-corrected chi connectivity index (χ2v) is 7.58. The molecule has 0 fully saturated rings. The van der Waals surface area contributed by atoms with Crippen LogP contribution in [0.3, 0.4) is 0 Å². The first-order valence-electron chi connectivity index (χ1n) is 10.2. The van der Waals surface area contributed by atoms with Crippen LogP contribution in [-0.4, -0.2) is 55.1 Å². The highest BCUT2D eigenvalue weighted by Crippen LogP contribution is 2.33. The fourth-order valence-corrected chi connectivity index (χ4v) is 3.44. The Kier molecular flexibility index (Phi) is 6.13. The van der Waals surface area contributed by atoms with Crippen LogP contribution < -0.4 is 15.4 Å². The fourth-order valence-electron chi connectivity index (χ4n) is 3.44. The van der Waals surface area contributed by atoms with E-state index in [-0.39, 0.29) is 11.6 Å². The molecular weight excluding hydrogens is 409 g/mol. The van der Waals surface area contributed by atoms with Crippen LogP contribution in [0, 0.1) is 5.82 Å². The van der Waals surface area contributed by atoms with Crippen LogP contribution >= 0.6 is 0 Å². The first-order valence-corrected chi connectivity index (χ1v) is 10.2. The summed E-state index contributed by atoms with van der Waals surface area (Å²) < 4.78 is 20.4. The smallest absolute Gasteiger partial charge is 0.253 e. The minimum atomic E-state index is -0.462. The van der Waals surface area contributed by atoms with Gasteiger partial charge in [0.25, 0.3) is 5.91 Å². The molecule has 2 aromatic carbocycles. The number of nitrogens with one attached hydrogen (secondary N) is 2. The lowest BCUT2D eigenvalue weighted by Crippen LogP contribution is -2.19. The molecule has 32 heavy (non-hydrogen) atoms. The zero-order valence-electron chi connectivity index (χ0n) is 18.1. The van der Waals surface area contributed by atoms with Crippen molar-refractivity contribution in [3.63, 3.8) is 0 Å². The van der Waals surface area contributed by atoms with Crippen molar-refractivity contribution in [2.24, 2.45) is 0 Å². The molecule has 4 rings (SSSR count). The number of benzene rings is 2. The maximum Gasteiger partial charge on any atom is 0.253 e. The molecule has 0 aliphatic heterocycles. The van der Waals surface area contributed by atoms with Gasteiger partial charge in [0.2, 0.25) is 0 Å². The number of nitrogens with zero attached hydrogens (tertiary/aromatic N) is 3. The van der Waals surface area contributed by atoms with Crippen LogP contribution in [0.5, 0.6) is 5.75 Å². The molecule has 0 unspecified atom stereocenters. The maximum absolute atomic E-state index is 14.8. The van der Waals surface area contributed by atoms with E-state index in [4.69, 9.17) is 9.72 Å². The summed E-state index contributed by atoms with van der Waals surface area (Å²) in [6, 6.07) is 11.9. The summed E-state index contributed by atoms with van der Waals surface area (Å²) in [6.07, 6.45) is 3.37. The van der Waals surface area contributed by atoms with Gasteiger partial charge in [-0.25, -0.2) is 9.37 Å². The largest absolute Gasteiger partial charge is 0.492 e. The first-order chi connectivity index (χ1) is 15.5. The molecule has 8 heteroatoms. The highest BCUT2D eigenvalue weighted by atomic mass is 19.1. The predicted octanol–water partition coefficient (Wildman–Crippen LogP) is 3.97. The Bertz CT molecular complexity index is 1290. The normalized spacial score (nSPS) is 11.2. The van der Waals surface area contributed by atoms with E-state index in [1.165, 1.54) is 6.07 Å². The molecule has 0 spiro atoms. The van der Waals surface area contributed by atoms with Crippen molar-refractivity contribution in [2.45, 2.75) is 0 Å². The Labute approximate surface area is 185 Å². The summed E-state index contributed by atoms with van der Waals surface area (Å²) in [7, 11) is 5.46. The molecule has 7 nitrogen and oxygen atoms in total. The predicted molar refractivity (Wildman–Crippen MR) is 124 cm³/mol. The number of fused-ring (bicyclic) bond motifs is 3. The molecule has 2 N–H and O–H groups in total. The van der Waals surface area contributed by atoms with E-state index in [0.717, 1.165) is 22.7 Å². The molecular formula is C24H24FN5O2. The van der Waals surface area contributed by atoms with Gasteiger partial charge in [0.05, 0.1) is 16.8 Å². The molecule has 0 aliphatic carbocycles. The van der Waals surface area contributed by atoms with E-state index in [1.807, 2.05) is 37.2 Å². The number of aromatic nitrogens is 2. The van der Waals surface area contributed by atoms with Crippen LogP contribution in [0.15, 0.2) is 54.9 Å². The van der Waals surface area contributed by atoms with E-state index in [2.05, 4.69) is 15.6 Å². The number of anilines is 2. The van der Waals surface area contributed by atoms with Crippen LogP contribution in [0.4, 0.5) is 15.9 Å². The Morgan fingerprint density at radius 3 is 2.72 bits per heavy atom. The van der Waals surface area contributed by atoms with E-state index in [0.29, 0.717) is 29.3 Å². The maximum atomic E-state index is 14.8. The number of pyridine rings is 2. The zero-order chi connectivity index (χ0) is 22.7. The summed E-state index contributed by atoms with van der Waals surface area (Å²) in [4.78, 5) is 23.3. The minimum Gasteiger partial charge on any atom is -0.492 e. The van der Waals surface area contributed by atoms with Gasteiger partial charge in [-0.15, -0.1) is 0 Å². The number of halogens is 1. The number of hydrogen-bond acceptors (Lipinski definition) is 6. The number of para-hydroxylation sites is 1. The summed E-state index contributed by atoms with van der Waals surface area (Å²) in [6.45, 7) is 1.20. The van der Waals surface area contributed by atoms with Crippen molar-refractivity contribution in [3.8, 4) is 5.75 Å². The Morgan fingerprint density at radius 2 is 1.97 bits per heavy atom. The molecule has 0 aliphatic rings. The topological polar surface area (TPSA) is 79.4 Å². The van der Waals surface area contributed by atoms with Crippen molar-refractivity contribution in [3.05, 3.63) is 66.2 Å². The van der Waals surface area contributed by atoms with Crippen LogP contribution in [0.25, 0.3) is 21.7 Å². The number of hydrogen-bond donors (Lipinski definition) is 2. The van der Waals surface area contributed by atoms with Crippen LogP contribution in [-0.2, 0) is 0 Å². The quantitative estimate of drug-likeness (QED) is 0.430. The van der Waals surface area contributed by atoms with Crippen LogP contribution in [0.1, 0.15) is 10.4 Å². The fraction of sp³-hybridized carbons (Fsp3) is 0.208. The lowest BCUT2D eigenvalue weighted by atomic mass is 10.0. The van der Waals surface area contributed by atoms with Gasteiger partial charge < -0.3 is 20.3 Å². The summed E-state index contributed by atoms with van der Waals surface area (Å²) >= 11 is 0. The second-order valence-electron chi connectivity index (χ2n) is 7.58. The summed E-state index contributed by atoms with van der Waals surface area (Å²) in [5, 5.41) is 8.10. The number of carbonyl (C=O) groups excluding carboxylic acids is 1. The Morgan fingerprint density at radius 1 is 1.12 bits per heavy atom. The molecule has 1 amide bonds. The van der Waals surface area contributed by atoms with Gasteiger partial charge >= 0.3 is 0 Å². The van der Waals surface area contributed by atoms with Gasteiger partial charge in [-0.2, -0.15) is 0 Å². The molecule has 0 radical (unpaired) electrons. The van der Waals surface area contributed by atoms with Crippen molar-refractivity contribution < 1.29 is 13.9 Å². The lowest BCUT2D eigenvalue weighted by Gasteiger charge is -2.15. The summed E-state index contributed by atoms with van der Waals surface area (Å²) in [5.74, 6) is 0.183. The average molecular weight is 433 g/mol. The number of amides is 1. The monoisotopic (exact) mass is 433 g/mol. The molecule has 2 heterocycles. The Balaban J connectivity index is 1.75. The van der Waals surface area contributed by atoms with Crippen LogP contribution in [0.2, 0.25) is 0 Å². The third-order valence-electron chi connectivity index (χ3n) is 5.10. The van der Waals surface area contributed by atoms with E-state index in [9.17, 15) is 9.18 Å². The Hall–Kier alpha value is -3.78. The number of carbonyl (C=O) groups is 1. The third kappa shape index (κ3) is 4.31. The van der Waals surface area contributed by atoms with Gasteiger partial charge in [0.15, 0.2) is 0 Å². The average Bonchev–Trinajstić information content (AvgIpc) is 2.79. The van der Waals surface area contributed by atoms with Gasteiger partial charge in [0.1, 0.15) is 24.0 Å². The van der Waals surface area contributed by atoms with E-state index >= 15 is 0 Å². The van der Waals surface area contributed by atoms with Gasteiger partial charge in [-0.3, -0.25) is 9.78 Å². The SMILES string of the molecule is CNC(=O)c1cccc2c1nc(Nc1ccc(OCCN(C)C)cc1F)c1ccncc12. The lowest BCUT2D eigenvalue weighted by molar-refractivity contribution is 0.0964. The number of ether oxygens (including phenoxy) is 1. The highest BCUT2D eigenvalue weighted by Gasteiger charge is 2.16. The standard InChI is InChI=1S/C24H24FN5O2/c1-26-24(31)18-6-4-5-16-19-14-27-10-9-17(19)23(29-22(16)18)28-21-8-7-15(13-20(21)25)32-12-11-30(2)3/h4-10,13-14H,11-12H2,1-3H3,(H,26,31)(H,28,29).